The maximum Gasteiger partial charge on any atom is 0.129 e. The van der Waals surface area contributed by atoms with Crippen LogP contribution in [0.5, 0.6) is 0 Å². The fraction of sp³-hybridized carbons (Fsp3) is 0.562. The number of aryl methyl sites for hydroxylation is 1. The topological polar surface area (TPSA) is 28.2 Å². The summed E-state index contributed by atoms with van der Waals surface area (Å²) in [5.74, 6) is 4.61. The lowest BCUT2D eigenvalue weighted by Crippen LogP contribution is -2.27. The highest BCUT2D eigenvalue weighted by Gasteiger charge is 2.24. The van der Waals surface area contributed by atoms with Gasteiger partial charge in [0.2, 0.25) is 0 Å². The molecule has 1 aliphatic carbocycles. The Bertz CT molecular complexity index is 458. The average molecular weight is 257 g/mol. The van der Waals surface area contributed by atoms with E-state index in [-0.39, 0.29) is 0 Å². The molecule has 1 aromatic heterocycles. The van der Waals surface area contributed by atoms with Crippen molar-refractivity contribution in [2.24, 2.45) is 5.92 Å². The Morgan fingerprint density at radius 2 is 2.26 bits per heavy atom. The van der Waals surface area contributed by atoms with Crippen molar-refractivity contribution in [1.29, 1.82) is 0 Å². The van der Waals surface area contributed by atoms with Crippen LogP contribution in [-0.4, -0.2) is 25.1 Å². The molecule has 1 heterocycles. The number of terminal acetylenes is 1. The molecule has 0 spiro atoms. The van der Waals surface area contributed by atoms with Gasteiger partial charge in [0, 0.05) is 18.8 Å². The predicted molar refractivity (Wildman–Crippen MR) is 80.1 cm³/mol. The highest BCUT2D eigenvalue weighted by atomic mass is 15.2. The third-order valence-electron chi connectivity index (χ3n) is 3.45. The molecule has 0 bridgehead atoms. The van der Waals surface area contributed by atoms with Crippen molar-refractivity contribution < 1.29 is 0 Å². The molecule has 102 valence electrons. The van der Waals surface area contributed by atoms with Crippen LogP contribution in [0.1, 0.15) is 31.0 Å². The van der Waals surface area contributed by atoms with Gasteiger partial charge in [-0.15, -0.1) is 6.42 Å². The Hall–Kier alpha value is -1.53. The first-order chi connectivity index (χ1) is 9.26. The fourth-order valence-corrected chi connectivity index (χ4v) is 2.24. The molecule has 19 heavy (non-hydrogen) atoms. The largest absolute Gasteiger partial charge is 0.345 e. The summed E-state index contributed by atoms with van der Waals surface area (Å²) >= 11 is 0. The summed E-state index contributed by atoms with van der Waals surface area (Å²) < 4.78 is 0. The highest BCUT2D eigenvalue weighted by Crippen LogP contribution is 2.31. The van der Waals surface area contributed by atoms with E-state index in [9.17, 15) is 0 Å². The normalized spacial score (nSPS) is 14.2. The molecule has 3 nitrogen and oxygen atoms in total. The van der Waals surface area contributed by atoms with Crippen LogP contribution >= 0.6 is 0 Å². The molecule has 1 N–H and O–H groups in total. The van der Waals surface area contributed by atoms with Gasteiger partial charge in [-0.2, -0.15) is 0 Å². The summed E-state index contributed by atoms with van der Waals surface area (Å²) in [6, 6.07) is 4.33. The minimum absolute atomic E-state index is 0.648. The van der Waals surface area contributed by atoms with Gasteiger partial charge in [-0.3, -0.25) is 0 Å². The Morgan fingerprint density at radius 1 is 1.47 bits per heavy atom. The van der Waals surface area contributed by atoms with Crippen LogP contribution in [0.25, 0.3) is 0 Å². The first kappa shape index (κ1) is 13.9. The summed E-state index contributed by atoms with van der Waals surface area (Å²) in [7, 11) is 1.97. The Labute approximate surface area is 116 Å². The van der Waals surface area contributed by atoms with Crippen molar-refractivity contribution in [3.63, 3.8) is 0 Å². The van der Waals surface area contributed by atoms with Crippen LogP contribution in [0.15, 0.2) is 12.1 Å². The zero-order chi connectivity index (χ0) is 13.7. The van der Waals surface area contributed by atoms with Crippen molar-refractivity contribution in [2.75, 3.05) is 25.0 Å². The number of rotatable bonds is 7. The molecule has 1 fully saturated rings. The van der Waals surface area contributed by atoms with Gasteiger partial charge in [0.25, 0.3) is 0 Å². The number of hydrogen-bond acceptors (Lipinski definition) is 3. The summed E-state index contributed by atoms with van der Waals surface area (Å²) in [5.41, 5.74) is 2.42. The SMILES string of the molecule is C#CCN(CC1CC1)c1cc(CNC)cc(CC)n1. The van der Waals surface area contributed by atoms with E-state index in [0.717, 1.165) is 36.9 Å². The number of anilines is 1. The first-order valence-corrected chi connectivity index (χ1v) is 7.09. The summed E-state index contributed by atoms with van der Waals surface area (Å²) in [5, 5.41) is 3.20. The molecule has 0 atom stereocenters. The third kappa shape index (κ3) is 3.97. The lowest BCUT2D eigenvalue weighted by atomic mass is 10.2. The van der Waals surface area contributed by atoms with Crippen LogP contribution < -0.4 is 10.2 Å². The highest BCUT2D eigenvalue weighted by molar-refractivity contribution is 5.44. The van der Waals surface area contributed by atoms with Crippen molar-refractivity contribution in [2.45, 2.75) is 32.7 Å². The van der Waals surface area contributed by atoms with Crippen LogP contribution in [0, 0.1) is 18.3 Å². The molecular formula is C16H23N3. The van der Waals surface area contributed by atoms with E-state index < -0.39 is 0 Å². The number of hydrogen-bond donors (Lipinski definition) is 1. The van der Waals surface area contributed by atoms with Gasteiger partial charge in [-0.05, 0) is 49.9 Å². The van der Waals surface area contributed by atoms with E-state index in [1.165, 1.54) is 18.4 Å². The Balaban J connectivity index is 2.22. The second-order valence-corrected chi connectivity index (χ2v) is 5.24. The molecule has 0 saturated heterocycles. The van der Waals surface area contributed by atoms with E-state index in [4.69, 9.17) is 11.4 Å². The second kappa shape index (κ2) is 6.58. The van der Waals surface area contributed by atoms with Gasteiger partial charge in [-0.25, -0.2) is 4.98 Å². The lowest BCUT2D eigenvalue weighted by Gasteiger charge is -2.22. The van der Waals surface area contributed by atoms with Gasteiger partial charge >= 0.3 is 0 Å². The van der Waals surface area contributed by atoms with E-state index in [1.54, 1.807) is 0 Å². The fourth-order valence-electron chi connectivity index (χ4n) is 2.24. The number of nitrogens with zero attached hydrogens (tertiary/aromatic N) is 2. The summed E-state index contributed by atoms with van der Waals surface area (Å²) in [6.07, 6.45) is 9.12. The van der Waals surface area contributed by atoms with Gasteiger partial charge in [0.1, 0.15) is 5.82 Å². The van der Waals surface area contributed by atoms with Crippen molar-refractivity contribution in [3.8, 4) is 12.3 Å². The number of aromatic nitrogens is 1. The first-order valence-electron chi connectivity index (χ1n) is 7.09. The van der Waals surface area contributed by atoms with Crippen LogP contribution in [0.4, 0.5) is 5.82 Å². The van der Waals surface area contributed by atoms with E-state index in [1.807, 2.05) is 7.05 Å². The number of pyridine rings is 1. The summed E-state index contributed by atoms with van der Waals surface area (Å²) in [4.78, 5) is 6.98. The predicted octanol–water partition coefficient (Wildman–Crippen LogP) is 2.21. The molecule has 1 aromatic rings. The van der Waals surface area contributed by atoms with Crippen LogP contribution in [-0.2, 0) is 13.0 Å². The maximum atomic E-state index is 5.50. The van der Waals surface area contributed by atoms with E-state index in [2.05, 4.69) is 35.2 Å². The van der Waals surface area contributed by atoms with Crippen LogP contribution in [0.3, 0.4) is 0 Å². The molecule has 2 rings (SSSR count). The molecule has 1 aliphatic rings. The third-order valence-corrected chi connectivity index (χ3v) is 3.45. The Kier molecular flexibility index (Phi) is 4.81. The van der Waals surface area contributed by atoms with Crippen LogP contribution in [0.2, 0.25) is 0 Å². The van der Waals surface area contributed by atoms with Gasteiger partial charge < -0.3 is 10.2 Å². The second-order valence-electron chi connectivity index (χ2n) is 5.24. The smallest absolute Gasteiger partial charge is 0.129 e. The number of nitrogens with one attached hydrogen (secondary N) is 1. The molecule has 1 saturated carbocycles. The summed E-state index contributed by atoms with van der Waals surface area (Å²) in [6.45, 7) is 4.70. The van der Waals surface area contributed by atoms with E-state index >= 15 is 0 Å². The maximum absolute atomic E-state index is 5.50. The lowest BCUT2D eigenvalue weighted by molar-refractivity contribution is 0.747. The zero-order valence-electron chi connectivity index (χ0n) is 11.9. The van der Waals surface area contributed by atoms with Gasteiger partial charge in [-0.1, -0.05) is 12.8 Å². The molecular weight excluding hydrogens is 234 g/mol. The zero-order valence-corrected chi connectivity index (χ0v) is 11.9. The standard InChI is InChI=1S/C16H23N3/c1-4-8-19(12-13-6-7-13)16-10-14(11-17-3)9-15(5-2)18-16/h1,9-10,13,17H,5-8,11-12H2,2-3H3. The van der Waals surface area contributed by atoms with Crippen molar-refractivity contribution >= 4 is 5.82 Å². The molecule has 0 unspecified atom stereocenters. The van der Waals surface area contributed by atoms with E-state index in [0.29, 0.717) is 6.54 Å². The molecule has 3 heteroatoms. The molecule has 0 amide bonds. The van der Waals surface area contributed by atoms with Crippen molar-refractivity contribution in [1.82, 2.24) is 10.3 Å². The van der Waals surface area contributed by atoms with Gasteiger partial charge in [0.15, 0.2) is 0 Å². The quantitative estimate of drug-likeness (QED) is 0.759. The van der Waals surface area contributed by atoms with Gasteiger partial charge in [0.05, 0.1) is 6.54 Å². The molecule has 0 radical (unpaired) electrons. The van der Waals surface area contributed by atoms with Crippen molar-refractivity contribution in [3.05, 3.63) is 23.4 Å². The Morgan fingerprint density at radius 3 is 2.84 bits per heavy atom. The molecule has 0 aliphatic heterocycles. The average Bonchev–Trinajstić information content (AvgIpc) is 3.22. The minimum Gasteiger partial charge on any atom is -0.345 e. The molecule has 0 aromatic carbocycles. The minimum atomic E-state index is 0.648. The monoisotopic (exact) mass is 257 g/mol.